The number of thiazole rings is 1. The third kappa shape index (κ3) is 5.65. The number of aromatic nitrogens is 1. The summed E-state index contributed by atoms with van der Waals surface area (Å²) >= 11 is 1.26. The van der Waals surface area contributed by atoms with Crippen molar-refractivity contribution in [2.75, 3.05) is 20.0 Å². The Bertz CT molecular complexity index is 1890. The van der Waals surface area contributed by atoms with Crippen molar-refractivity contribution in [3.8, 4) is 23.0 Å². The van der Waals surface area contributed by atoms with Gasteiger partial charge in [0.05, 0.1) is 35.1 Å². The SMILES string of the molecule is CCOC(=O)C1=C(C)N=c2s/c(=C/c3ccc(OCc4ccccc4)c(OCC)c3)c(=O)n2[C@H]1c1ccc2c(c1)OCO2. The third-order valence-electron chi connectivity index (χ3n) is 7.03. The number of allylic oxidation sites excluding steroid dienone is 1. The van der Waals surface area contributed by atoms with Gasteiger partial charge in [-0.3, -0.25) is 9.36 Å². The highest BCUT2D eigenvalue weighted by Crippen LogP contribution is 2.38. The Morgan fingerprint density at radius 1 is 1.00 bits per heavy atom. The molecular weight excluding hydrogens is 568 g/mol. The lowest BCUT2D eigenvalue weighted by Gasteiger charge is -2.24. The average molecular weight is 599 g/mol. The number of esters is 1. The van der Waals surface area contributed by atoms with Crippen LogP contribution in [0.2, 0.25) is 0 Å². The summed E-state index contributed by atoms with van der Waals surface area (Å²) < 4.78 is 30.4. The largest absolute Gasteiger partial charge is 0.490 e. The highest BCUT2D eigenvalue weighted by molar-refractivity contribution is 7.07. The van der Waals surface area contributed by atoms with Gasteiger partial charge in [-0.15, -0.1) is 0 Å². The second-order valence-electron chi connectivity index (χ2n) is 9.83. The minimum atomic E-state index is -0.750. The first-order chi connectivity index (χ1) is 21.0. The summed E-state index contributed by atoms with van der Waals surface area (Å²) in [7, 11) is 0. The van der Waals surface area contributed by atoms with Gasteiger partial charge in [0, 0.05) is 0 Å². The fraction of sp³-hybridized carbons (Fsp3) is 0.242. The number of hydrogen-bond donors (Lipinski definition) is 0. The summed E-state index contributed by atoms with van der Waals surface area (Å²) in [5.41, 5.74) is 3.02. The molecule has 3 aromatic carbocycles. The number of rotatable bonds is 9. The molecule has 2 aliphatic heterocycles. The molecule has 10 heteroatoms. The number of ether oxygens (including phenoxy) is 5. The van der Waals surface area contributed by atoms with Crippen LogP contribution < -0.4 is 33.8 Å². The van der Waals surface area contributed by atoms with E-state index in [4.69, 9.17) is 23.7 Å². The molecule has 0 saturated carbocycles. The molecule has 9 nitrogen and oxygen atoms in total. The van der Waals surface area contributed by atoms with Crippen LogP contribution in [0, 0.1) is 0 Å². The molecule has 0 saturated heterocycles. The van der Waals surface area contributed by atoms with E-state index in [1.807, 2.05) is 61.5 Å². The third-order valence-corrected chi connectivity index (χ3v) is 8.01. The quantitative estimate of drug-likeness (QED) is 0.262. The topological polar surface area (TPSA) is 97.6 Å². The van der Waals surface area contributed by atoms with Gasteiger partial charge in [-0.05, 0) is 67.8 Å². The van der Waals surface area contributed by atoms with Crippen molar-refractivity contribution >= 4 is 23.4 Å². The number of carbonyl (C=O) groups excluding carboxylic acids is 1. The number of benzene rings is 3. The van der Waals surface area contributed by atoms with Crippen molar-refractivity contribution in [1.29, 1.82) is 0 Å². The highest BCUT2D eigenvalue weighted by Gasteiger charge is 2.34. The molecule has 3 heterocycles. The predicted octanol–water partition coefficient (Wildman–Crippen LogP) is 4.50. The average Bonchev–Trinajstić information content (AvgIpc) is 3.60. The molecule has 0 fully saturated rings. The molecule has 220 valence electrons. The molecule has 0 radical (unpaired) electrons. The van der Waals surface area contributed by atoms with Crippen LogP contribution in [0.15, 0.2) is 87.8 Å². The van der Waals surface area contributed by atoms with Crippen molar-refractivity contribution in [3.63, 3.8) is 0 Å². The van der Waals surface area contributed by atoms with Crippen molar-refractivity contribution < 1.29 is 28.5 Å². The van der Waals surface area contributed by atoms with E-state index >= 15 is 0 Å². The Kier molecular flexibility index (Phi) is 8.02. The number of hydrogen-bond acceptors (Lipinski definition) is 9. The summed E-state index contributed by atoms with van der Waals surface area (Å²) in [6, 6.07) is 20.1. The van der Waals surface area contributed by atoms with Crippen molar-refractivity contribution in [3.05, 3.63) is 114 Å². The molecule has 0 N–H and O–H groups in total. The van der Waals surface area contributed by atoms with Crippen molar-refractivity contribution in [1.82, 2.24) is 4.57 Å². The molecule has 0 aliphatic carbocycles. The maximum Gasteiger partial charge on any atom is 0.338 e. The Morgan fingerprint density at radius 3 is 2.60 bits per heavy atom. The van der Waals surface area contributed by atoms with Gasteiger partial charge in [0.15, 0.2) is 27.8 Å². The molecule has 1 aromatic heterocycles. The van der Waals surface area contributed by atoms with Crippen LogP contribution in [0.4, 0.5) is 0 Å². The van der Waals surface area contributed by atoms with Gasteiger partial charge in [-0.2, -0.15) is 0 Å². The lowest BCUT2D eigenvalue weighted by Crippen LogP contribution is -2.39. The lowest BCUT2D eigenvalue weighted by molar-refractivity contribution is -0.139. The normalized spacial score (nSPS) is 15.6. The van der Waals surface area contributed by atoms with E-state index in [1.54, 1.807) is 36.6 Å². The molecule has 0 spiro atoms. The summed E-state index contributed by atoms with van der Waals surface area (Å²) in [6.45, 7) is 6.58. The molecule has 2 aliphatic rings. The highest BCUT2D eigenvalue weighted by atomic mass is 32.1. The smallest absolute Gasteiger partial charge is 0.338 e. The van der Waals surface area contributed by atoms with Gasteiger partial charge in [0.1, 0.15) is 6.61 Å². The minimum Gasteiger partial charge on any atom is -0.490 e. The zero-order chi connectivity index (χ0) is 29.9. The zero-order valence-corrected chi connectivity index (χ0v) is 24.8. The van der Waals surface area contributed by atoms with Crippen LogP contribution in [0.3, 0.4) is 0 Å². The van der Waals surface area contributed by atoms with Gasteiger partial charge < -0.3 is 23.7 Å². The molecule has 4 aromatic rings. The molecule has 0 amide bonds. The van der Waals surface area contributed by atoms with Gasteiger partial charge in [-0.1, -0.05) is 53.8 Å². The molecule has 1 atom stereocenters. The summed E-state index contributed by atoms with van der Waals surface area (Å²) in [6.07, 6.45) is 1.80. The molecule has 0 bridgehead atoms. The van der Waals surface area contributed by atoms with Crippen LogP contribution in [0.5, 0.6) is 23.0 Å². The van der Waals surface area contributed by atoms with Crippen LogP contribution in [-0.2, 0) is 16.1 Å². The van der Waals surface area contributed by atoms with Crippen LogP contribution in [0.25, 0.3) is 6.08 Å². The van der Waals surface area contributed by atoms with E-state index < -0.39 is 12.0 Å². The van der Waals surface area contributed by atoms with Gasteiger partial charge >= 0.3 is 5.97 Å². The first-order valence-electron chi connectivity index (χ1n) is 14.0. The van der Waals surface area contributed by atoms with E-state index in [0.717, 1.165) is 11.1 Å². The Morgan fingerprint density at radius 2 is 1.81 bits per heavy atom. The maximum atomic E-state index is 14.0. The first-order valence-corrected chi connectivity index (χ1v) is 14.8. The van der Waals surface area contributed by atoms with Gasteiger partial charge in [0.25, 0.3) is 5.56 Å². The molecule has 6 rings (SSSR count). The fourth-order valence-electron chi connectivity index (χ4n) is 5.08. The number of fused-ring (bicyclic) bond motifs is 2. The van der Waals surface area contributed by atoms with Gasteiger partial charge in [-0.25, -0.2) is 9.79 Å². The Balaban J connectivity index is 1.41. The Labute approximate surface area is 251 Å². The van der Waals surface area contributed by atoms with Crippen molar-refractivity contribution in [2.45, 2.75) is 33.4 Å². The Hall–Kier alpha value is -4.83. The van der Waals surface area contributed by atoms with Crippen LogP contribution in [-0.4, -0.2) is 30.5 Å². The van der Waals surface area contributed by atoms with Crippen LogP contribution >= 0.6 is 11.3 Å². The second-order valence-corrected chi connectivity index (χ2v) is 10.8. The summed E-state index contributed by atoms with van der Waals surface area (Å²) in [4.78, 5) is 32.3. The summed E-state index contributed by atoms with van der Waals surface area (Å²) in [5.74, 6) is 1.83. The number of carbonyl (C=O) groups is 1. The van der Waals surface area contributed by atoms with E-state index in [1.165, 1.54) is 11.3 Å². The van der Waals surface area contributed by atoms with E-state index in [0.29, 0.717) is 62.4 Å². The van der Waals surface area contributed by atoms with E-state index in [9.17, 15) is 9.59 Å². The van der Waals surface area contributed by atoms with Crippen LogP contribution in [0.1, 0.15) is 43.5 Å². The van der Waals surface area contributed by atoms with Gasteiger partial charge in [0.2, 0.25) is 6.79 Å². The van der Waals surface area contributed by atoms with E-state index in [2.05, 4.69) is 4.99 Å². The summed E-state index contributed by atoms with van der Waals surface area (Å²) in [5, 5.41) is 0. The number of nitrogens with zero attached hydrogens (tertiary/aromatic N) is 2. The van der Waals surface area contributed by atoms with Crippen molar-refractivity contribution in [2.24, 2.45) is 4.99 Å². The fourth-order valence-corrected chi connectivity index (χ4v) is 6.13. The lowest BCUT2D eigenvalue weighted by atomic mass is 9.95. The first kappa shape index (κ1) is 28.3. The molecule has 0 unspecified atom stereocenters. The predicted molar refractivity (Wildman–Crippen MR) is 161 cm³/mol. The minimum absolute atomic E-state index is 0.112. The standard InChI is InChI=1S/C33H30N2O7S/c1-4-38-26-15-22(11-13-24(26)40-18-21-9-7-6-8-10-21)16-28-31(36)35-30(23-12-14-25-27(17-23)42-19-41-25)29(32(37)39-5-2)20(3)34-33(35)43-28/h6-17,30H,4-5,18-19H2,1-3H3/b28-16+/t30-/m0/s1. The second kappa shape index (κ2) is 12.2. The maximum absolute atomic E-state index is 14.0. The van der Waals surface area contributed by atoms with E-state index in [-0.39, 0.29) is 19.0 Å². The monoisotopic (exact) mass is 598 g/mol. The zero-order valence-electron chi connectivity index (χ0n) is 24.0. The molecular formula is C33H30N2O7S. The molecule has 43 heavy (non-hydrogen) atoms.